The number of aliphatic hydroxyl groups is 1. The van der Waals surface area contributed by atoms with Crippen LogP contribution in [0.25, 0.3) is 0 Å². The Morgan fingerprint density at radius 1 is 1.20 bits per heavy atom. The fourth-order valence-electron chi connectivity index (χ4n) is 1.91. The Balaban J connectivity index is 1.91. The van der Waals surface area contributed by atoms with Crippen LogP contribution >= 0.6 is 0 Å². The Morgan fingerprint density at radius 3 is 2.40 bits per heavy atom. The van der Waals surface area contributed by atoms with E-state index in [0.717, 1.165) is 5.56 Å². The lowest BCUT2D eigenvalue weighted by molar-refractivity contribution is 0.0889. The number of aliphatic hydroxyl groups excluding tert-OH is 1. The topological polar surface area (TPSA) is 62.5 Å². The Labute approximate surface area is 118 Å². The van der Waals surface area contributed by atoms with Crippen molar-refractivity contribution in [2.45, 2.75) is 25.9 Å². The number of hydrogen-bond acceptors (Lipinski definition) is 3. The molecule has 0 aliphatic heterocycles. The molecule has 2 rings (SSSR count). The lowest BCUT2D eigenvalue weighted by Crippen LogP contribution is -2.28. The maximum atomic E-state index is 11.7. The van der Waals surface area contributed by atoms with Gasteiger partial charge in [0.2, 0.25) is 0 Å². The van der Waals surface area contributed by atoms with Gasteiger partial charge in [-0.1, -0.05) is 38.1 Å². The molecule has 0 aliphatic carbocycles. The van der Waals surface area contributed by atoms with Gasteiger partial charge < -0.3 is 14.8 Å². The Kier molecular flexibility index (Phi) is 4.58. The minimum Gasteiger partial charge on any atom is -0.459 e. The van der Waals surface area contributed by atoms with Crippen molar-refractivity contribution in [1.29, 1.82) is 0 Å². The number of hydrogen-bond donors (Lipinski definition) is 2. The van der Waals surface area contributed by atoms with E-state index in [1.165, 1.54) is 11.8 Å². The average molecular weight is 273 g/mol. The van der Waals surface area contributed by atoms with Crippen LogP contribution in [0.4, 0.5) is 0 Å². The van der Waals surface area contributed by atoms with Crippen molar-refractivity contribution >= 4 is 5.91 Å². The molecule has 4 heteroatoms. The summed E-state index contributed by atoms with van der Waals surface area (Å²) in [7, 11) is 0. The quantitative estimate of drug-likeness (QED) is 0.880. The number of furan rings is 1. The van der Waals surface area contributed by atoms with Crippen molar-refractivity contribution in [3.63, 3.8) is 0 Å². The molecule has 0 saturated heterocycles. The number of benzene rings is 1. The third-order valence-electron chi connectivity index (χ3n) is 3.19. The van der Waals surface area contributed by atoms with Crippen LogP contribution in [0.2, 0.25) is 0 Å². The highest BCUT2D eigenvalue weighted by Crippen LogP contribution is 2.18. The van der Waals surface area contributed by atoms with E-state index < -0.39 is 6.10 Å². The molecule has 1 aromatic carbocycles. The van der Waals surface area contributed by atoms with Gasteiger partial charge in [0.05, 0.1) is 12.4 Å². The fourth-order valence-corrected chi connectivity index (χ4v) is 1.91. The minimum absolute atomic E-state index is 0.153. The molecule has 0 bridgehead atoms. The van der Waals surface area contributed by atoms with Gasteiger partial charge in [-0.05, 0) is 29.2 Å². The van der Waals surface area contributed by atoms with E-state index in [9.17, 15) is 9.90 Å². The molecular formula is C16H19NO3. The van der Waals surface area contributed by atoms with E-state index in [0.29, 0.717) is 5.92 Å². The standard InChI is InChI=1S/C16H19NO3/c1-11(2)12-5-7-13(8-6-12)14(18)10-17-16(19)15-4-3-9-20-15/h3-9,11,14,18H,10H2,1-2H3,(H,17,19). The summed E-state index contributed by atoms with van der Waals surface area (Å²) in [5.41, 5.74) is 2.01. The first-order chi connectivity index (χ1) is 9.58. The number of rotatable bonds is 5. The van der Waals surface area contributed by atoms with Gasteiger partial charge in [0.15, 0.2) is 5.76 Å². The summed E-state index contributed by atoms with van der Waals surface area (Å²) in [4.78, 5) is 11.7. The zero-order chi connectivity index (χ0) is 14.5. The van der Waals surface area contributed by atoms with Gasteiger partial charge in [0.1, 0.15) is 0 Å². The fraction of sp³-hybridized carbons (Fsp3) is 0.312. The SMILES string of the molecule is CC(C)c1ccc(C(O)CNC(=O)c2ccco2)cc1. The molecule has 0 aliphatic rings. The van der Waals surface area contributed by atoms with Crippen molar-refractivity contribution in [3.8, 4) is 0 Å². The van der Waals surface area contributed by atoms with E-state index in [4.69, 9.17) is 4.42 Å². The third kappa shape index (κ3) is 3.48. The third-order valence-corrected chi connectivity index (χ3v) is 3.19. The van der Waals surface area contributed by atoms with Crippen LogP contribution < -0.4 is 5.32 Å². The predicted octanol–water partition coefficient (Wildman–Crippen LogP) is 2.87. The zero-order valence-corrected chi connectivity index (χ0v) is 11.7. The lowest BCUT2D eigenvalue weighted by Gasteiger charge is -2.13. The smallest absolute Gasteiger partial charge is 0.287 e. The van der Waals surface area contributed by atoms with Gasteiger partial charge in [0.25, 0.3) is 5.91 Å². The Bertz CT molecular complexity index is 544. The maximum Gasteiger partial charge on any atom is 0.287 e. The minimum atomic E-state index is -0.727. The van der Waals surface area contributed by atoms with Crippen LogP contribution in [0.5, 0.6) is 0 Å². The van der Waals surface area contributed by atoms with E-state index >= 15 is 0 Å². The van der Waals surface area contributed by atoms with Crippen molar-refractivity contribution in [2.75, 3.05) is 6.54 Å². The molecule has 1 aromatic heterocycles. The summed E-state index contributed by atoms with van der Waals surface area (Å²) in [6, 6.07) is 11.0. The molecule has 0 spiro atoms. The number of nitrogens with one attached hydrogen (secondary N) is 1. The van der Waals surface area contributed by atoms with Gasteiger partial charge in [-0.2, -0.15) is 0 Å². The lowest BCUT2D eigenvalue weighted by atomic mass is 10.00. The molecule has 1 atom stereocenters. The van der Waals surface area contributed by atoms with Gasteiger partial charge >= 0.3 is 0 Å². The summed E-state index contributed by atoms with van der Waals surface area (Å²) >= 11 is 0. The highest BCUT2D eigenvalue weighted by Gasteiger charge is 2.12. The highest BCUT2D eigenvalue weighted by atomic mass is 16.3. The van der Waals surface area contributed by atoms with Crippen LogP contribution in [0.15, 0.2) is 47.1 Å². The Hall–Kier alpha value is -2.07. The summed E-state index contributed by atoms with van der Waals surface area (Å²) in [5, 5.41) is 12.7. The molecule has 2 N–H and O–H groups in total. The number of amides is 1. The van der Waals surface area contributed by atoms with Gasteiger partial charge in [-0.15, -0.1) is 0 Å². The highest BCUT2D eigenvalue weighted by molar-refractivity contribution is 5.91. The summed E-state index contributed by atoms with van der Waals surface area (Å²) in [6.45, 7) is 4.39. The number of carbonyl (C=O) groups excluding carboxylic acids is 1. The Morgan fingerprint density at radius 2 is 1.85 bits per heavy atom. The molecule has 106 valence electrons. The van der Waals surface area contributed by atoms with E-state index in [2.05, 4.69) is 19.2 Å². The van der Waals surface area contributed by atoms with Crippen LogP contribution in [-0.4, -0.2) is 17.6 Å². The second kappa shape index (κ2) is 6.39. The molecular weight excluding hydrogens is 254 g/mol. The van der Waals surface area contributed by atoms with E-state index in [1.54, 1.807) is 12.1 Å². The molecule has 4 nitrogen and oxygen atoms in total. The van der Waals surface area contributed by atoms with Crippen molar-refractivity contribution in [3.05, 3.63) is 59.5 Å². The maximum absolute atomic E-state index is 11.7. The first kappa shape index (κ1) is 14.3. The van der Waals surface area contributed by atoms with Gasteiger partial charge in [0, 0.05) is 6.54 Å². The average Bonchev–Trinajstić information content (AvgIpc) is 2.98. The summed E-state index contributed by atoms with van der Waals surface area (Å²) < 4.78 is 4.98. The largest absolute Gasteiger partial charge is 0.459 e. The van der Waals surface area contributed by atoms with Crippen molar-refractivity contribution in [1.82, 2.24) is 5.32 Å². The molecule has 2 aromatic rings. The molecule has 20 heavy (non-hydrogen) atoms. The van der Waals surface area contributed by atoms with E-state index in [-0.39, 0.29) is 18.2 Å². The van der Waals surface area contributed by atoms with Crippen LogP contribution in [0, 0.1) is 0 Å². The van der Waals surface area contributed by atoms with Crippen LogP contribution in [0.3, 0.4) is 0 Å². The molecule has 1 amide bonds. The molecule has 0 radical (unpaired) electrons. The predicted molar refractivity (Wildman–Crippen MR) is 76.5 cm³/mol. The molecule has 0 fully saturated rings. The van der Waals surface area contributed by atoms with Gasteiger partial charge in [-0.25, -0.2) is 0 Å². The first-order valence-electron chi connectivity index (χ1n) is 6.67. The van der Waals surface area contributed by atoms with Crippen molar-refractivity contribution in [2.24, 2.45) is 0 Å². The monoisotopic (exact) mass is 273 g/mol. The molecule has 1 unspecified atom stereocenters. The van der Waals surface area contributed by atoms with Crippen LogP contribution in [-0.2, 0) is 0 Å². The summed E-state index contributed by atoms with van der Waals surface area (Å²) in [5.74, 6) is 0.375. The normalized spacial score (nSPS) is 12.4. The second-order valence-corrected chi connectivity index (χ2v) is 5.02. The van der Waals surface area contributed by atoms with Crippen molar-refractivity contribution < 1.29 is 14.3 Å². The first-order valence-corrected chi connectivity index (χ1v) is 6.67. The molecule has 0 saturated carbocycles. The summed E-state index contributed by atoms with van der Waals surface area (Å²) in [6.07, 6.45) is 0.714. The second-order valence-electron chi connectivity index (χ2n) is 5.02. The van der Waals surface area contributed by atoms with Crippen LogP contribution in [0.1, 0.15) is 47.6 Å². The zero-order valence-electron chi connectivity index (χ0n) is 11.7. The molecule has 1 heterocycles. The number of carbonyl (C=O) groups is 1. The van der Waals surface area contributed by atoms with Gasteiger partial charge in [-0.3, -0.25) is 4.79 Å². The van der Waals surface area contributed by atoms with E-state index in [1.807, 2.05) is 24.3 Å².